The highest BCUT2D eigenvalue weighted by Gasteiger charge is 2.26. The van der Waals surface area contributed by atoms with Gasteiger partial charge >= 0.3 is 0 Å². The lowest BCUT2D eigenvalue weighted by Crippen LogP contribution is -2.34. The summed E-state index contributed by atoms with van der Waals surface area (Å²) in [5.41, 5.74) is 7.08. The minimum atomic E-state index is -0.345. The molecular formula is C12H14BrNO3. The van der Waals surface area contributed by atoms with E-state index in [1.165, 1.54) is 0 Å². The Bertz CT molecular complexity index is 466. The zero-order valence-corrected chi connectivity index (χ0v) is 11.3. The van der Waals surface area contributed by atoms with E-state index in [2.05, 4.69) is 15.9 Å². The summed E-state index contributed by atoms with van der Waals surface area (Å²) in [7, 11) is 0. The van der Waals surface area contributed by atoms with Gasteiger partial charge in [-0.3, -0.25) is 4.79 Å². The molecule has 0 saturated carbocycles. The smallest absolute Gasteiger partial charge is 0.231 e. The molecule has 0 radical (unpaired) electrons. The maximum atomic E-state index is 11.0. The van der Waals surface area contributed by atoms with Crippen LogP contribution in [0.25, 0.3) is 0 Å². The van der Waals surface area contributed by atoms with Gasteiger partial charge < -0.3 is 15.2 Å². The van der Waals surface area contributed by atoms with Gasteiger partial charge in [-0.2, -0.15) is 0 Å². The molecule has 0 bridgehead atoms. The number of hydrogen-bond donors (Lipinski definition) is 1. The first-order chi connectivity index (χ1) is 7.92. The van der Waals surface area contributed by atoms with Crippen molar-refractivity contribution in [3.05, 3.63) is 21.7 Å². The Labute approximate surface area is 108 Å². The van der Waals surface area contributed by atoms with Gasteiger partial charge in [-0.25, -0.2) is 0 Å². The van der Waals surface area contributed by atoms with Gasteiger partial charge in [0.05, 0.1) is 5.56 Å². The molecule has 4 nitrogen and oxygen atoms in total. The van der Waals surface area contributed by atoms with Gasteiger partial charge in [-0.15, -0.1) is 0 Å². The van der Waals surface area contributed by atoms with E-state index in [4.69, 9.17) is 15.2 Å². The van der Waals surface area contributed by atoms with Gasteiger partial charge in [0.1, 0.15) is 0 Å². The first-order valence-corrected chi connectivity index (χ1v) is 6.07. The number of halogens is 1. The first-order valence-electron chi connectivity index (χ1n) is 5.27. The van der Waals surface area contributed by atoms with Gasteiger partial charge in [0.25, 0.3) is 0 Å². The molecule has 92 valence electrons. The number of carbonyl (C=O) groups excluding carboxylic acids is 1. The number of aldehydes is 1. The third-order valence-electron chi connectivity index (χ3n) is 2.47. The van der Waals surface area contributed by atoms with Gasteiger partial charge in [0, 0.05) is 15.6 Å². The molecule has 1 aromatic rings. The Morgan fingerprint density at radius 1 is 1.47 bits per heavy atom. The van der Waals surface area contributed by atoms with Crippen molar-refractivity contribution in [3.63, 3.8) is 0 Å². The molecule has 2 rings (SSSR count). The topological polar surface area (TPSA) is 61.6 Å². The summed E-state index contributed by atoms with van der Waals surface area (Å²) < 4.78 is 11.5. The summed E-state index contributed by atoms with van der Waals surface area (Å²) in [6, 6.07) is 1.87. The Morgan fingerprint density at radius 2 is 2.12 bits per heavy atom. The molecule has 2 N–H and O–H groups in total. The van der Waals surface area contributed by atoms with E-state index in [-0.39, 0.29) is 12.3 Å². The van der Waals surface area contributed by atoms with Crippen LogP contribution in [0, 0.1) is 0 Å². The lowest BCUT2D eigenvalue weighted by molar-refractivity contribution is 0.111. The summed E-state index contributed by atoms with van der Waals surface area (Å²) in [6.07, 6.45) is 1.41. The fourth-order valence-electron chi connectivity index (χ4n) is 1.85. The van der Waals surface area contributed by atoms with E-state index in [9.17, 15) is 4.79 Å². The van der Waals surface area contributed by atoms with Crippen molar-refractivity contribution < 1.29 is 14.3 Å². The van der Waals surface area contributed by atoms with Crippen LogP contribution in [0.15, 0.2) is 10.5 Å². The minimum absolute atomic E-state index is 0.143. The molecule has 1 aliphatic rings. The van der Waals surface area contributed by atoms with Crippen molar-refractivity contribution in [2.75, 3.05) is 6.79 Å². The fraction of sp³-hybridized carbons (Fsp3) is 0.417. The summed E-state index contributed by atoms with van der Waals surface area (Å²) in [5, 5.41) is 0. The van der Waals surface area contributed by atoms with Crippen LogP contribution in [-0.4, -0.2) is 18.6 Å². The highest BCUT2D eigenvalue weighted by Crippen LogP contribution is 2.42. The second-order valence-electron chi connectivity index (χ2n) is 4.78. The molecule has 1 heterocycles. The highest BCUT2D eigenvalue weighted by atomic mass is 79.9. The monoisotopic (exact) mass is 299 g/mol. The largest absolute Gasteiger partial charge is 0.453 e. The Morgan fingerprint density at radius 3 is 2.71 bits per heavy atom. The molecular weight excluding hydrogens is 286 g/mol. The number of carbonyl (C=O) groups is 1. The van der Waals surface area contributed by atoms with Gasteiger partial charge in [-0.1, -0.05) is 0 Å². The van der Waals surface area contributed by atoms with Crippen molar-refractivity contribution in [2.24, 2.45) is 5.73 Å². The Kier molecular flexibility index (Phi) is 3.14. The fourth-order valence-corrected chi connectivity index (χ4v) is 2.40. The van der Waals surface area contributed by atoms with E-state index in [0.717, 1.165) is 11.8 Å². The van der Waals surface area contributed by atoms with E-state index >= 15 is 0 Å². The lowest BCUT2D eigenvalue weighted by atomic mass is 9.94. The van der Waals surface area contributed by atoms with Crippen LogP contribution in [0.3, 0.4) is 0 Å². The molecule has 0 amide bonds. The molecule has 1 aromatic carbocycles. The van der Waals surface area contributed by atoms with E-state index in [1.807, 2.05) is 19.9 Å². The minimum Gasteiger partial charge on any atom is -0.453 e. The van der Waals surface area contributed by atoms with Crippen LogP contribution in [0.2, 0.25) is 0 Å². The average molecular weight is 300 g/mol. The quantitative estimate of drug-likeness (QED) is 0.870. The Balaban J connectivity index is 2.52. The molecule has 5 heteroatoms. The molecule has 0 aromatic heterocycles. The van der Waals surface area contributed by atoms with Crippen LogP contribution >= 0.6 is 15.9 Å². The number of benzene rings is 1. The lowest BCUT2D eigenvalue weighted by Gasteiger charge is -2.20. The number of nitrogens with two attached hydrogens (primary N) is 1. The zero-order chi connectivity index (χ0) is 12.6. The van der Waals surface area contributed by atoms with Crippen LogP contribution < -0.4 is 15.2 Å². The first kappa shape index (κ1) is 12.4. The van der Waals surface area contributed by atoms with Crippen molar-refractivity contribution >= 4 is 22.2 Å². The predicted molar refractivity (Wildman–Crippen MR) is 67.6 cm³/mol. The zero-order valence-electron chi connectivity index (χ0n) is 9.75. The van der Waals surface area contributed by atoms with E-state index in [0.29, 0.717) is 28.0 Å². The molecule has 0 atom stereocenters. The third-order valence-corrected chi connectivity index (χ3v) is 3.13. The molecule has 0 unspecified atom stereocenters. The van der Waals surface area contributed by atoms with Crippen LogP contribution in [0.5, 0.6) is 11.5 Å². The van der Waals surface area contributed by atoms with Gasteiger partial charge in [0.2, 0.25) is 6.79 Å². The summed E-state index contributed by atoms with van der Waals surface area (Å²) in [5.74, 6) is 1.14. The predicted octanol–water partition coefficient (Wildman–Crippen LogP) is 2.27. The van der Waals surface area contributed by atoms with E-state index in [1.54, 1.807) is 0 Å². The van der Waals surface area contributed by atoms with Crippen molar-refractivity contribution in [1.82, 2.24) is 0 Å². The van der Waals surface area contributed by atoms with Crippen LogP contribution in [-0.2, 0) is 6.42 Å². The maximum absolute atomic E-state index is 11.0. The van der Waals surface area contributed by atoms with Gasteiger partial charge in [-0.05, 0) is 42.3 Å². The summed E-state index contributed by atoms with van der Waals surface area (Å²) in [4.78, 5) is 11.0. The van der Waals surface area contributed by atoms with Gasteiger partial charge in [0.15, 0.2) is 17.8 Å². The van der Waals surface area contributed by atoms with Crippen molar-refractivity contribution in [1.29, 1.82) is 0 Å². The Hall–Kier alpha value is -1.07. The molecule has 0 spiro atoms. The number of rotatable bonds is 3. The normalized spacial score (nSPS) is 13.9. The molecule has 17 heavy (non-hydrogen) atoms. The van der Waals surface area contributed by atoms with E-state index < -0.39 is 0 Å². The SMILES string of the molecule is CC(C)(N)Cc1cc(Br)c(C=O)c2c1OCO2. The molecule has 1 aliphatic heterocycles. The molecule has 0 saturated heterocycles. The maximum Gasteiger partial charge on any atom is 0.231 e. The molecule has 0 fully saturated rings. The highest BCUT2D eigenvalue weighted by molar-refractivity contribution is 9.10. The summed E-state index contributed by atoms with van der Waals surface area (Å²) in [6.45, 7) is 4.03. The second kappa shape index (κ2) is 4.31. The average Bonchev–Trinajstić information content (AvgIpc) is 2.64. The number of hydrogen-bond acceptors (Lipinski definition) is 4. The standard InChI is InChI=1S/C12H14BrNO3/c1-12(2,14)4-7-3-9(13)8(5-15)11-10(7)16-6-17-11/h3,5H,4,6,14H2,1-2H3. The summed E-state index contributed by atoms with van der Waals surface area (Å²) >= 11 is 3.36. The molecule has 0 aliphatic carbocycles. The third kappa shape index (κ3) is 2.45. The number of fused-ring (bicyclic) bond motifs is 1. The second-order valence-corrected chi connectivity index (χ2v) is 5.63. The number of ether oxygens (including phenoxy) is 2. The van der Waals surface area contributed by atoms with Crippen LogP contribution in [0.1, 0.15) is 29.8 Å². The van der Waals surface area contributed by atoms with Crippen molar-refractivity contribution in [2.45, 2.75) is 25.8 Å². The van der Waals surface area contributed by atoms with Crippen molar-refractivity contribution in [3.8, 4) is 11.5 Å². The van der Waals surface area contributed by atoms with Crippen LogP contribution in [0.4, 0.5) is 0 Å².